The summed E-state index contributed by atoms with van der Waals surface area (Å²) >= 11 is 6.26. The second-order valence-corrected chi connectivity index (χ2v) is 5.39. The maximum Gasteiger partial charge on any atom is 0.339 e. The molecule has 3 aromatic rings. The van der Waals surface area contributed by atoms with Crippen LogP contribution in [0.25, 0.3) is 22.4 Å². The molecule has 4 heteroatoms. The van der Waals surface area contributed by atoms with Gasteiger partial charge in [-0.05, 0) is 29.8 Å². The summed E-state index contributed by atoms with van der Waals surface area (Å²) < 4.78 is 4.68. The molecule has 114 valence electrons. The van der Waals surface area contributed by atoms with Crippen molar-refractivity contribution in [2.24, 2.45) is 0 Å². The summed E-state index contributed by atoms with van der Waals surface area (Å²) in [6.45, 7) is 0. The van der Waals surface area contributed by atoms with Crippen LogP contribution in [-0.4, -0.2) is 18.1 Å². The van der Waals surface area contributed by atoms with Crippen LogP contribution < -0.4 is 0 Å². The molecule has 0 N–H and O–H groups in total. The summed E-state index contributed by atoms with van der Waals surface area (Å²) in [7, 11) is 1.35. The molecule has 3 rings (SSSR count). The van der Waals surface area contributed by atoms with Crippen molar-refractivity contribution >= 4 is 17.6 Å². The number of aromatic nitrogens is 1. The molecule has 0 bridgehead atoms. The third-order valence-electron chi connectivity index (χ3n) is 3.53. The number of methoxy groups -OCH3 is 1. The van der Waals surface area contributed by atoms with Gasteiger partial charge < -0.3 is 4.74 Å². The minimum Gasteiger partial charge on any atom is -0.465 e. The van der Waals surface area contributed by atoms with Gasteiger partial charge in [0.15, 0.2) is 0 Å². The SMILES string of the molecule is COC(=O)c1ccc(-c2cccc(-c3ccccc3Cl)c2)nc1. The molecule has 0 fully saturated rings. The van der Waals surface area contributed by atoms with Gasteiger partial charge in [-0.15, -0.1) is 0 Å². The zero-order valence-electron chi connectivity index (χ0n) is 12.5. The average Bonchev–Trinajstić information content (AvgIpc) is 2.62. The largest absolute Gasteiger partial charge is 0.465 e. The molecular weight excluding hydrogens is 310 g/mol. The van der Waals surface area contributed by atoms with Crippen LogP contribution in [0.15, 0.2) is 66.9 Å². The maximum absolute atomic E-state index is 11.5. The van der Waals surface area contributed by atoms with Gasteiger partial charge in [-0.3, -0.25) is 4.98 Å². The lowest BCUT2D eigenvalue weighted by molar-refractivity contribution is 0.0600. The molecule has 0 aliphatic rings. The Kier molecular flexibility index (Phi) is 4.40. The van der Waals surface area contributed by atoms with Crippen molar-refractivity contribution in [1.82, 2.24) is 4.98 Å². The molecule has 1 heterocycles. The Balaban J connectivity index is 1.97. The van der Waals surface area contributed by atoms with Gasteiger partial charge >= 0.3 is 5.97 Å². The number of carbonyl (C=O) groups is 1. The first-order valence-electron chi connectivity index (χ1n) is 7.09. The standard InChI is InChI=1S/C19H14ClNO2/c1-23-19(22)15-9-10-18(21-12-15)14-6-4-5-13(11-14)16-7-2-3-8-17(16)20/h2-12H,1H3. The van der Waals surface area contributed by atoms with E-state index in [0.717, 1.165) is 22.4 Å². The Bertz CT molecular complexity index is 844. The van der Waals surface area contributed by atoms with Gasteiger partial charge in [-0.1, -0.05) is 48.0 Å². The quantitative estimate of drug-likeness (QED) is 0.646. The molecule has 0 aliphatic heterocycles. The summed E-state index contributed by atoms with van der Waals surface area (Å²) in [6.07, 6.45) is 1.52. The highest BCUT2D eigenvalue weighted by molar-refractivity contribution is 6.33. The first-order chi connectivity index (χ1) is 11.2. The fourth-order valence-electron chi connectivity index (χ4n) is 2.34. The van der Waals surface area contributed by atoms with E-state index in [1.807, 2.05) is 48.5 Å². The van der Waals surface area contributed by atoms with Crippen LogP contribution in [0.5, 0.6) is 0 Å². The zero-order chi connectivity index (χ0) is 16.2. The van der Waals surface area contributed by atoms with E-state index in [9.17, 15) is 4.79 Å². The van der Waals surface area contributed by atoms with Crippen LogP contribution in [0.3, 0.4) is 0 Å². The summed E-state index contributed by atoms with van der Waals surface area (Å²) in [6, 6.07) is 19.2. The Hall–Kier alpha value is -2.65. The van der Waals surface area contributed by atoms with Gasteiger partial charge in [0.05, 0.1) is 18.4 Å². The van der Waals surface area contributed by atoms with Crippen LogP contribution in [0.4, 0.5) is 0 Å². The van der Waals surface area contributed by atoms with E-state index >= 15 is 0 Å². The minimum absolute atomic E-state index is 0.395. The first-order valence-corrected chi connectivity index (χ1v) is 7.46. The van der Waals surface area contributed by atoms with Crippen molar-refractivity contribution in [2.45, 2.75) is 0 Å². The summed E-state index contributed by atoms with van der Waals surface area (Å²) in [5, 5.41) is 0.707. The fourth-order valence-corrected chi connectivity index (χ4v) is 2.59. The van der Waals surface area contributed by atoms with Gasteiger partial charge in [0, 0.05) is 22.3 Å². The number of halogens is 1. The van der Waals surface area contributed by atoms with E-state index in [2.05, 4.69) is 9.72 Å². The monoisotopic (exact) mass is 323 g/mol. The van der Waals surface area contributed by atoms with Crippen molar-refractivity contribution in [3.8, 4) is 22.4 Å². The van der Waals surface area contributed by atoms with Gasteiger partial charge in [0.25, 0.3) is 0 Å². The molecule has 1 aromatic heterocycles. The van der Waals surface area contributed by atoms with Gasteiger partial charge in [0.1, 0.15) is 0 Å². The average molecular weight is 324 g/mol. The second-order valence-electron chi connectivity index (χ2n) is 4.98. The molecule has 0 spiro atoms. The smallest absolute Gasteiger partial charge is 0.339 e. The predicted molar refractivity (Wildman–Crippen MR) is 91.5 cm³/mol. The Morgan fingerprint density at radius 2 is 1.78 bits per heavy atom. The molecule has 0 atom stereocenters. The number of nitrogens with zero attached hydrogens (tertiary/aromatic N) is 1. The molecule has 3 nitrogen and oxygen atoms in total. The Labute approximate surface area is 139 Å². The number of hydrogen-bond acceptors (Lipinski definition) is 3. The van der Waals surface area contributed by atoms with Gasteiger partial charge in [-0.2, -0.15) is 0 Å². The van der Waals surface area contributed by atoms with E-state index in [0.29, 0.717) is 10.6 Å². The molecule has 0 aliphatic carbocycles. The molecule has 0 saturated carbocycles. The summed E-state index contributed by atoms with van der Waals surface area (Å²) in [4.78, 5) is 15.8. The van der Waals surface area contributed by atoms with Crippen LogP contribution in [0.1, 0.15) is 10.4 Å². The lowest BCUT2D eigenvalue weighted by Crippen LogP contribution is -2.01. The molecule has 23 heavy (non-hydrogen) atoms. The summed E-state index contributed by atoms with van der Waals surface area (Å²) in [5.74, 6) is -0.395. The number of rotatable bonds is 3. The molecule has 0 unspecified atom stereocenters. The summed E-state index contributed by atoms with van der Waals surface area (Å²) in [5.41, 5.74) is 4.16. The third-order valence-corrected chi connectivity index (χ3v) is 3.86. The van der Waals surface area contributed by atoms with Crippen molar-refractivity contribution in [3.05, 3.63) is 77.4 Å². The molecule has 0 saturated heterocycles. The molecule has 0 amide bonds. The molecular formula is C19H14ClNO2. The van der Waals surface area contributed by atoms with E-state index in [4.69, 9.17) is 11.6 Å². The van der Waals surface area contributed by atoms with Crippen LogP contribution in [0.2, 0.25) is 5.02 Å². The first kappa shape index (κ1) is 15.3. The molecule has 2 aromatic carbocycles. The Morgan fingerprint density at radius 3 is 2.48 bits per heavy atom. The van der Waals surface area contributed by atoms with Gasteiger partial charge in [-0.25, -0.2) is 4.79 Å². The van der Waals surface area contributed by atoms with Crippen molar-refractivity contribution in [3.63, 3.8) is 0 Å². The highest BCUT2D eigenvalue weighted by Gasteiger charge is 2.08. The van der Waals surface area contributed by atoms with E-state index in [-0.39, 0.29) is 0 Å². The lowest BCUT2D eigenvalue weighted by Gasteiger charge is -2.07. The molecule has 0 radical (unpaired) electrons. The van der Waals surface area contributed by atoms with Crippen molar-refractivity contribution in [2.75, 3.05) is 7.11 Å². The number of pyridine rings is 1. The fraction of sp³-hybridized carbons (Fsp3) is 0.0526. The highest BCUT2D eigenvalue weighted by atomic mass is 35.5. The number of ether oxygens (including phenoxy) is 1. The van der Waals surface area contributed by atoms with Crippen LogP contribution in [0, 0.1) is 0 Å². The topological polar surface area (TPSA) is 39.2 Å². The highest BCUT2D eigenvalue weighted by Crippen LogP contribution is 2.30. The maximum atomic E-state index is 11.5. The lowest BCUT2D eigenvalue weighted by atomic mass is 10.0. The number of hydrogen-bond donors (Lipinski definition) is 0. The zero-order valence-corrected chi connectivity index (χ0v) is 13.2. The second kappa shape index (κ2) is 6.63. The number of benzene rings is 2. The van der Waals surface area contributed by atoms with E-state index in [1.165, 1.54) is 13.3 Å². The van der Waals surface area contributed by atoms with Crippen LogP contribution >= 0.6 is 11.6 Å². The van der Waals surface area contributed by atoms with Crippen LogP contribution in [-0.2, 0) is 4.74 Å². The van der Waals surface area contributed by atoms with Gasteiger partial charge in [0.2, 0.25) is 0 Å². The number of esters is 1. The third kappa shape index (κ3) is 3.25. The minimum atomic E-state index is -0.395. The Morgan fingerprint density at radius 1 is 1.00 bits per heavy atom. The number of carbonyl (C=O) groups excluding carboxylic acids is 1. The van der Waals surface area contributed by atoms with E-state index in [1.54, 1.807) is 12.1 Å². The van der Waals surface area contributed by atoms with Crippen molar-refractivity contribution in [1.29, 1.82) is 0 Å². The van der Waals surface area contributed by atoms with E-state index < -0.39 is 5.97 Å². The normalized spacial score (nSPS) is 10.3. The predicted octanol–water partition coefficient (Wildman–Crippen LogP) is 4.86. The van der Waals surface area contributed by atoms with Crippen molar-refractivity contribution < 1.29 is 9.53 Å².